The molecule has 118 valence electrons. The van der Waals surface area contributed by atoms with Gasteiger partial charge < -0.3 is 11.1 Å². The highest BCUT2D eigenvalue weighted by atomic mass is 16.1. The van der Waals surface area contributed by atoms with Gasteiger partial charge in [0.2, 0.25) is 5.91 Å². The topological polar surface area (TPSA) is 55.1 Å². The number of nitrogens with one attached hydrogen (secondary N) is 1. The fraction of sp³-hybridized carbons (Fsp3) is 0.944. The quantitative estimate of drug-likeness (QED) is 0.839. The van der Waals surface area contributed by atoms with Gasteiger partial charge in [0.05, 0.1) is 0 Å². The van der Waals surface area contributed by atoms with E-state index >= 15 is 0 Å². The third kappa shape index (κ3) is 2.62. The summed E-state index contributed by atoms with van der Waals surface area (Å²) < 4.78 is 0. The Morgan fingerprint density at radius 2 is 1.57 bits per heavy atom. The molecule has 5 saturated carbocycles. The van der Waals surface area contributed by atoms with Crippen LogP contribution in [0.4, 0.5) is 0 Å². The first-order chi connectivity index (χ1) is 10.2. The summed E-state index contributed by atoms with van der Waals surface area (Å²) in [4.78, 5) is 12.7. The molecule has 0 radical (unpaired) electrons. The SMILES string of the molecule is NC1CCCCC1CNC(=O)C1C2CC3CC(C2)CC1C3. The van der Waals surface area contributed by atoms with Gasteiger partial charge in [0.25, 0.3) is 0 Å². The van der Waals surface area contributed by atoms with Gasteiger partial charge in [-0.3, -0.25) is 4.79 Å². The van der Waals surface area contributed by atoms with Crippen LogP contribution in [0, 0.1) is 35.5 Å². The van der Waals surface area contributed by atoms with Crippen molar-refractivity contribution in [2.24, 2.45) is 41.2 Å². The zero-order chi connectivity index (χ0) is 14.4. The molecule has 0 aromatic rings. The van der Waals surface area contributed by atoms with Crippen molar-refractivity contribution in [3.05, 3.63) is 0 Å². The van der Waals surface area contributed by atoms with Gasteiger partial charge in [-0.25, -0.2) is 0 Å². The average Bonchev–Trinajstić information content (AvgIpc) is 2.45. The van der Waals surface area contributed by atoms with Gasteiger partial charge >= 0.3 is 0 Å². The maximum atomic E-state index is 12.7. The molecule has 3 N–H and O–H groups in total. The molecule has 4 bridgehead atoms. The highest BCUT2D eigenvalue weighted by Gasteiger charge is 2.50. The van der Waals surface area contributed by atoms with E-state index in [9.17, 15) is 4.79 Å². The molecule has 0 heterocycles. The molecule has 0 aromatic heterocycles. The van der Waals surface area contributed by atoms with E-state index in [0.29, 0.717) is 35.6 Å². The minimum absolute atomic E-state index is 0.303. The van der Waals surface area contributed by atoms with Crippen molar-refractivity contribution < 1.29 is 4.79 Å². The second-order valence-electron chi connectivity index (χ2n) is 8.41. The molecule has 3 nitrogen and oxygen atoms in total. The molecule has 0 aromatic carbocycles. The van der Waals surface area contributed by atoms with Crippen molar-refractivity contribution in [1.82, 2.24) is 5.32 Å². The lowest BCUT2D eigenvalue weighted by atomic mass is 9.51. The summed E-state index contributed by atoms with van der Waals surface area (Å²) in [6, 6.07) is 0.303. The van der Waals surface area contributed by atoms with E-state index in [4.69, 9.17) is 5.73 Å². The monoisotopic (exact) mass is 290 g/mol. The van der Waals surface area contributed by atoms with Gasteiger partial charge in [0.1, 0.15) is 0 Å². The Labute approximate surface area is 128 Å². The molecule has 5 fully saturated rings. The van der Waals surface area contributed by atoms with Gasteiger partial charge in [-0.05, 0) is 74.5 Å². The normalized spacial score (nSPS) is 48.3. The Kier molecular flexibility index (Phi) is 3.72. The first-order valence-corrected chi connectivity index (χ1v) is 9.24. The van der Waals surface area contributed by atoms with Gasteiger partial charge in [-0.2, -0.15) is 0 Å². The van der Waals surface area contributed by atoms with Crippen LogP contribution in [0.15, 0.2) is 0 Å². The lowest BCUT2D eigenvalue weighted by Crippen LogP contribution is -2.52. The standard InChI is InChI=1S/C18H30N2O/c19-16-4-2-1-3-13(16)10-20-18(21)17-14-6-11-5-12(8-14)9-15(17)7-11/h11-17H,1-10,19H2,(H,20,21). The largest absolute Gasteiger partial charge is 0.356 e. The summed E-state index contributed by atoms with van der Waals surface area (Å²) in [6.45, 7) is 0.822. The van der Waals surface area contributed by atoms with Crippen LogP contribution in [0.5, 0.6) is 0 Å². The summed E-state index contributed by atoms with van der Waals surface area (Å²) in [6.07, 6.45) is 11.7. The van der Waals surface area contributed by atoms with Crippen LogP contribution >= 0.6 is 0 Å². The Balaban J connectivity index is 1.35. The molecule has 5 aliphatic carbocycles. The number of carbonyl (C=O) groups excluding carboxylic acids is 1. The molecule has 0 spiro atoms. The second-order valence-corrected chi connectivity index (χ2v) is 8.41. The first kappa shape index (κ1) is 14.0. The van der Waals surface area contributed by atoms with Crippen molar-refractivity contribution in [1.29, 1.82) is 0 Å². The second kappa shape index (κ2) is 5.57. The molecule has 1 amide bonds. The first-order valence-electron chi connectivity index (χ1n) is 9.24. The molecule has 5 rings (SSSR count). The third-order valence-electron chi connectivity index (χ3n) is 7.04. The van der Waals surface area contributed by atoms with Crippen LogP contribution in [-0.2, 0) is 4.79 Å². The zero-order valence-electron chi connectivity index (χ0n) is 13.1. The highest BCUT2D eigenvalue weighted by molar-refractivity contribution is 5.79. The summed E-state index contributed by atoms with van der Waals surface area (Å²) in [5, 5.41) is 3.29. The molecule has 2 atom stereocenters. The van der Waals surface area contributed by atoms with Crippen LogP contribution in [0.3, 0.4) is 0 Å². The molecule has 5 aliphatic rings. The van der Waals surface area contributed by atoms with Crippen LogP contribution < -0.4 is 11.1 Å². The lowest BCUT2D eigenvalue weighted by molar-refractivity contribution is -0.138. The summed E-state index contributed by atoms with van der Waals surface area (Å²) >= 11 is 0. The third-order valence-corrected chi connectivity index (χ3v) is 7.04. The summed E-state index contributed by atoms with van der Waals surface area (Å²) in [5.74, 6) is 4.49. The Bertz CT molecular complexity index is 380. The Morgan fingerprint density at radius 1 is 0.952 bits per heavy atom. The molecule has 0 aliphatic heterocycles. The molecule has 0 saturated heterocycles. The number of nitrogens with two attached hydrogens (primary N) is 1. The maximum absolute atomic E-state index is 12.7. The fourth-order valence-electron chi connectivity index (χ4n) is 6.19. The van der Waals surface area contributed by atoms with Crippen LogP contribution in [0.25, 0.3) is 0 Å². The number of amides is 1. The average molecular weight is 290 g/mol. The Morgan fingerprint density at radius 3 is 2.19 bits per heavy atom. The van der Waals surface area contributed by atoms with Crippen molar-refractivity contribution in [2.75, 3.05) is 6.54 Å². The molecule has 3 heteroatoms. The van der Waals surface area contributed by atoms with Crippen LogP contribution in [-0.4, -0.2) is 18.5 Å². The van der Waals surface area contributed by atoms with Crippen molar-refractivity contribution in [2.45, 2.75) is 63.8 Å². The minimum atomic E-state index is 0.303. The van der Waals surface area contributed by atoms with Gasteiger partial charge in [0.15, 0.2) is 0 Å². The molecule has 21 heavy (non-hydrogen) atoms. The van der Waals surface area contributed by atoms with Gasteiger partial charge in [-0.15, -0.1) is 0 Å². The number of carbonyl (C=O) groups is 1. The molecule has 2 unspecified atom stereocenters. The number of hydrogen-bond acceptors (Lipinski definition) is 2. The summed E-state index contributed by atoms with van der Waals surface area (Å²) in [7, 11) is 0. The summed E-state index contributed by atoms with van der Waals surface area (Å²) in [5.41, 5.74) is 6.21. The van der Waals surface area contributed by atoms with Gasteiger partial charge in [-0.1, -0.05) is 12.8 Å². The fourth-order valence-corrected chi connectivity index (χ4v) is 6.19. The number of hydrogen-bond donors (Lipinski definition) is 2. The molecular formula is C18H30N2O. The van der Waals surface area contributed by atoms with E-state index < -0.39 is 0 Å². The van der Waals surface area contributed by atoms with Crippen LogP contribution in [0.2, 0.25) is 0 Å². The Hall–Kier alpha value is -0.570. The van der Waals surface area contributed by atoms with E-state index in [1.54, 1.807) is 0 Å². The molecular weight excluding hydrogens is 260 g/mol. The van der Waals surface area contributed by atoms with E-state index in [2.05, 4.69) is 5.32 Å². The smallest absolute Gasteiger partial charge is 0.223 e. The van der Waals surface area contributed by atoms with E-state index in [-0.39, 0.29) is 0 Å². The van der Waals surface area contributed by atoms with E-state index in [1.165, 1.54) is 51.4 Å². The maximum Gasteiger partial charge on any atom is 0.223 e. The number of rotatable bonds is 3. The zero-order valence-corrected chi connectivity index (χ0v) is 13.1. The minimum Gasteiger partial charge on any atom is -0.356 e. The van der Waals surface area contributed by atoms with Gasteiger partial charge in [0, 0.05) is 18.5 Å². The van der Waals surface area contributed by atoms with Crippen molar-refractivity contribution in [3.63, 3.8) is 0 Å². The highest BCUT2D eigenvalue weighted by Crippen LogP contribution is 2.56. The predicted octanol–water partition coefficient (Wildman–Crippen LogP) is 2.69. The van der Waals surface area contributed by atoms with E-state index in [0.717, 1.165) is 24.8 Å². The van der Waals surface area contributed by atoms with Crippen molar-refractivity contribution >= 4 is 5.91 Å². The van der Waals surface area contributed by atoms with Crippen molar-refractivity contribution in [3.8, 4) is 0 Å². The van der Waals surface area contributed by atoms with Crippen LogP contribution in [0.1, 0.15) is 57.8 Å². The predicted molar refractivity (Wildman–Crippen MR) is 83.5 cm³/mol. The lowest BCUT2D eigenvalue weighted by Gasteiger charge is -2.53. The van der Waals surface area contributed by atoms with E-state index in [1.807, 2.05) is 0 Å².